The number of carbonyl (C=O) groups excluding carboxylic acids is 1. The molecule has 0 unspecified atom stereocenters. The van der Waals surface area contributed by atoms with E-state index in [4.69, 9.17) is 0 Å². The van der Waals surface area contributed by atoms with Crippen molar-refractivity contribution < 1.29 is 4.79 Å². The van der Waals surface area contributed by atoms with Gasteiger partial charge in [-0.1, -0.05) is 60.7 Å². The minimum atomic E-state index is -0.154. The molecule has 1 amide bonds. The van der Waals surface area contributed by atoms with E-state index in [-0.39, 0.29) is 12.5 Å². The van der Waals surface area contributed by atoms with Crippen molar-refractivity contribution in [2.24, 2.45) is 7.05 Å². The number of nitrogens with one attached hydrogen (secondary N) is 1. The van der Waals surface area contributed by atoms with E-state index in [9.17, 15) is 4.79 Å². The van der Waals surface area contributed by atoms with Gasteiger partial charge in [-0.25, -0.2) is 0 Å². The SMILES string of the molecule is Cn1ncc(-c2ccccc2)c1NC(=O)Cn1ccc(-c2ccccc2)n1. The van der Waals surface area contributed by atoms with Crippen LogP contribution in [0.4, 0.5) is 5.82 Å². The van der Waals surface area contributed by atoms with Crippen molar-refractivity contribution in [2.75, 3.05) is 5.32 Å². The standard InChI is InChI=1S/C21H19N5O/c1-25-21(18(14-22-25)16-8-4-2-5-9-16)23-20(27)15-26-13-12-19(24-26)17-10-6-3-7-11-17/h2-14H,15H2,1H3,(H,23,27). The van der Waals surface area contributed by atoms with Crippen LogP contribution in [0.2, 0.25) is 0 Å². The van der Waals surface area contributed by atoms with Crippen LogP contribution in [-0.2, 0) is 18.4 Å². The Labute approximate surface area is 157 Å². The van der Waals surface area contributed by atoms with E-state index < -0.39 is 0 Å². The Morgan fingerprint density at radius 3 is 2.33 bits per heavy atom. The molecule has 0 atom stereocenters. The van der Waals surface area contributed by atoms with Crippen molar-refractivity contribution in [3.8, 4) is 22.4 Å². The second-order valence-corrected chi connectivity index (χ2v) is 6.21. The van der Waals surface area contributed by atoms with Gasteiger partial charge in [0.1, 0.15) is 12.4 Å². The molecule has 0 spiro atoms. The van der Waals surface area contributed by atoms with Crippen molar-refractivity contribution in [1.29, 1.82) is 0 Å². The van der Waals surface area contributed by atoms with Gasteiger partial charge in [0.2, 0.25) is 5.91 Å². The molecule has 4 rings (SSSR count). The number of amides is 1. The molecule has 2 aromatic heterocycles. The van der Waals surface area contributed by atoms with Crippen LogP contribution in [0, 0.1) is 0 Å². The normalized spacial score (nSPS) is 10.7. The number of aromatic nitrogens is 4. The summed E-state index contributed by atoms with van der Waals surface area (Å²) in [4.78, 5) is 12.5. The van der Waals surface area contributed by atoms with Crippen molar-refractivity contribution in [3.05, 3.63) is 79.1 Å². The number of hydrogen-bond donors (Lipinski definition) is 1. The van der Waals surface area contributed by atoms with E-state index in [2.05, 4.69) is 15.5 Å². The summed E-state index contributed by atoms with van der Waals surface area (Å²) in [6, 6.07) is 21.7. The molecule has 134 valence electrons. The minimum absolute atomic E-state index is 0.131. The van der Waals surface area contributed by atoms with Gasteiger partial charge in [-0.3, -0.25) is 14.2 Å². The Hall–Kier alpha value is -3.67. The number of benzene rings is 2. The maximum atomic E-state index is 12.5. The fourth-order valence-electron chi connectivity index (χ4n) is 2.95. The molecular formula is C21H19N5O. The summed E-state index contributed by atoms with van der Waals surface area (Å²) < 4.78 is 3.30. The highest BCUT2D eigenvalue weighted by Gasteiger charge is 2.14. The molecule has 0 aliphatic heterocycles. The highest BCUT2D eigenvalue weighted by atomic mass is 16.2. The third-order valence-electron chi connectivity index (χ3n) is 4.30. The van der Waals surface area contributed by atoms with Crippen LogP contribution in [0.1, 0.15) is 0 Å². The van der Waals surface area contributed by atoms with Crippen molar-refractivity contribution in [1.82, 2.24) is 19.6 Å². The summed E-state index contributed by atoms with van der Waals surface area (Å²) in [7, 11) is 1.81. The van der Waals surface area contributed by atoms with Crippen LogP contribution in [0.15, 0.2) is 79.1 Å². The Bertz CT molecular complexity index is 1050. The molecule has 6 nitrogen and oxygen atoms in total. The summed E-state index contributed by atoms with van der Waals surface area (Å²) in [5, 5.41) is 11.7. The van der Waals surface area contributed by atoms with E-state index in [1.54, 1.807) is 15.6 Å². The molecule has 0 aliphatic carbocycles. The lowest BCUT2D eigenvalue weighted by Crippen LogP contribution is -2.21. The summed E-state index contributed by atoms with van der Waals surface area (Å²) in [5.41, 5.74) is 3.76. The highest BCUT2D eigenvalue weighted by molar-refractivity contribution is 5.94. The van der Waals surface area contributed by atoms with Gasteiger partial charge in [-0.15, -0.1) is 0 Å². The number of hydrogen-bond acceptors (Lipinski definition) is 3. The molecule has 0 radical (unpaired) electrons. The molecular weight excluding hydrogens is 338 g/mol. The molecule has 0 saturated heterocycles. The minimum Gasteiger partial charge on any atom is -0.309 e. The van der Waals surface area contributed by atoms with Crippen LogP contribution in [0.25, 0.3) is 22.4 Å². The number of rotatable bonds is 5. The molecule has 1 N–H and O–H groups in total. The van der Waals surface area contributed by atoms with Crippen molar-refractivity contribution in [3.63, 3.8) is 0 Å². The Morgan fingerprint density at radius 2 is 1.63 bits per heavy atom. The third-order valence-corrected chi connectivity index (χ3v) is 4.30. The smallest absolute Gasteiger partial charge is 0.247 e. The van der Waals surface area contributed by atoms with Gasteiger partial charge in [-0.2, -0.15) is 10.2 Å². The van der Waals surface area contributed by atoms with Crippen LogP contribution in [0.5, 0.6) is 0 Å². The monoisotopic (exact) mass is 357 g/mol. The summed E-state index contributed by atoms with van der Waals surface area (Å²) in [5.74, 6) is 0.514. The fourth-order valence-corrected chi connectivity index (χ4v) is 2.95. The van der Waals surface area contributed by atoms with E-state index in [1.807, 2.05) is 80.0 Å². The van der Waals surface area contributed by atoms with E-state index in [0.717, 1.165) is 22.4 Å². The maximum Gasteiger partial charge on any atom is 0.247 e. The van der Waals surface area contributed by atoms with Gasteiger partial charge >= 0.3 is 0 Å². The van der Waals surface area contributed by atoms with Crippen LogP contribution < -0.4 is 5.32 Å². The molecule has 2 heterocycles. The van der Waals surface area contributed by atoms with Crippen LogP contribution in [-0.4, -0.2) is 25.5 Å². The lowest BCUT2D eigenvalue weighted by molar-refractivity contribution is -0.116. The third kappa shape index (κ3) is 3.64. The molecule has 6 heteroatoms. The zero-order chi connectivity index (χ0) is 18.6. The van der Waals surface area contributed by atoms with Gasteiger partial charge in [0.05, 0.1) is 11.9 Å². The van der Waals surface area contributed by atoms with Crippen molar-refractivity contribution >= 4 is 11.7 Å². The molecule has 0 fully saturated rings. The first kappa shape index (κ1) is 16.8. The number of carbonyl (C=O) groups is 1. The quantitative estimate of drug-likeness (QED) is 0.594. The second kappa shape index (κ2) is 7.29. The molecule has 4 aromatic rings. The zero-order valence-electron chi connectivity index (χ0n) is 14.9. The Morgan fingerprint density at radius 1 is 0.963 bits per heavy atom. The van der Waals surface area contributed by atoms with Gasteiger partial charge in [-0.05, 0) is 11.6 Å². The average Bonchev–Trinajstić information content (AvgIpc) is 3.31. The van der Waals surface area contributed by atoms with Gasteiger partial charge in [0.15, 0.2) is 0 Å². The van der Waals surface area contributed by atoms with E-state index in [0.29, 0.717) is 5.82 Å². The largest absolute Gasteiger partial charge is 0.309 e. The van der Waals surface area contributed by atoms with Crippen LogP contribution in [0.3, 0.4) is 0 Å². The molecule has 0 bridgehead atoms. The van der Waals surface area contributed by atoms with Crippen molar-refractivity contribution in [2.45, 2.75) is 6.54 Å². The molecule has 2 aromatic carbocycles. The summed E-state index contributed by atoms with van der Waals surface area (Å²) >= 11 is 0. The maximum absolute atomic E-state index is 12.5. The number of anilines is 1. The zero-order valence-corrected chi connectivity index (χ0v) is 14.9. The number of aryl methyl sites for hydroxylation is 1. The first-order valence-electron chi connectivity index (χ1n) is 8.67. The Kier molecular flexibility index (Phi) is 4.53. The number of nitrogens with zero attached hydrogens (tertiary/aromatic N) is 4. The summed E-state index contributed by atoms with van der Waals surface area (Å²) in [6.07, 6.45) is 3.57. The van der Waals surface area contributed by atoms with Gasteiger partial charge in [0.25, 0.3) is 0 Å². The summed E-state index contributed by atoms with van der Waals surface area (Å²) in [6.45, 7) is 0.131. The average molecular weight is 357 g/mol. The lowest BCUT2D eigenvalue weighted by Gasteiger charge is -2.09. The second-order valence-electron chi connectivity index (χ2n) is 6.21. The first-order chi connectivity index (χ1) is 13.2. The van der Waals surface area contributed by atoms with Gasteiger partial charge in [0, 0.05) is 24.4 Å². The van der Waals surface area contributed by atoms with E-state index >= 15 is 0 Å². The predicted molar refractivity (Wildman–Crippen MR) is 105 cm³/mol. The fraction of sp³-hybridized carbons (Fsp3) is 0.0952. The van der Waals surface area contributed by atoms with E-state index in [1.165, 1.54) is 0 Å². The lowest BCUT2D eigenvalue weighted by atomic mass is 10.1. The highest BCUT2D eigenvalue weighted by Crippen LogP contribution is 2.27. The Balaban J connectivity index is 1.50. The first-order valence-corrected chi connectivity index (χ1v) is 8.67. The van der Waals surface area contributed by atoms with Gasteiger partial charge < -0.3 is 5.32 Å². The molecule has 0 aliphatic rings. The topological polar surface area (TPSA) is 64.7 Å². The predicted octanol–water partition coefficient (Wildman–Crippen LogP) is 3.59. The van der Waals surface area contributed by atoms with Crippen LogP contribution >= 0.6 is 0 Å². The molecule has 27 heavy (non-hydrogen) atoms. The molecule has 0 saturated carbocycles.